The van der Waals surface area contributed by atoms with Crippen molar-refractivity contribution in [3.8, 4) is 10.8 Å². The largest absolute Gasteiger partial charge is 0.333 e. The highest BCUT2D eigenvalue weighted by molar-refractivity contribution is 7.14. The molecule has 2 heterocycles. The molecule has 7 heteroatoms. The molecule has 3 rings (SSSR count). The molecule has 2 amide bonds. The lowest BCUT2D eigenvalue weighted by Gasteiger charge is -2.09. The van der Waals surface area contributed by atoms with Crippen LogP contribution in [0.5, 0.6) is 0 Å². The zero-order valence-electron chi connectivity index (χ0n) is 12.1. The first kappa shape index (κ1) is 14.3. The number of para-hydroxylation sites is 1. The molecule has 0 saturated heterocycles. The molecular weight excluding hydrogens is 300 g/mol. The van der Waals surface area contributed by atoms with Gasteiger partial charge in [0, 0.05) is 5.69 Å². The summed E-state index contributed by atoms with van der Waals surface area (Å²) >= 11 is 1.43. The second-order valence-electron chi connectivity index (χ2n) is 4.70. The first-order valence-corrected chi connectivity index (χ1v) is 7.53. The molecule has 2 N–H and O–H groups in total. The van der Waals surface area contributed by atoms with Crippen molar-refractivity contribution >= 4 is 28.7 Å². The Hall–Kier alpha value is -2.67. The van der Waals surface area contributed by atoms with Gasteiger partial charge < -0.3 is 15.2 Å². The molecule has 6 nitrogen and oxygen atoms in total. The van der Waals surface area contributed by atoms with Crippen molar-refractivity contribution in [2.24, 2.45) is 0 Å². The van der Waals surface area contributed by atoms with Crippen molar-refractivity contribution in [2.75, 3.05) is 10.6 Å². The van der Waals surface area contributed by atoms with Crippen molar-refractivity contribution in [1.29, 1.82) is 0 Å². The fourth-order valence-corrected chi connectivity index (χ4v) is 2.72. The van der Waals surface area contributed by atoms with Gasteiger partial charge in [-0.25, -0.2) is 4.79 Å². The average Bonchev–Trinajstić information content (AvgIpc) is 3.10. The lowest BCUT2D eigenvalue weighted by molar-refractivity contribution is 0.262. The zero-order chi connectivity index (χ0) is 15.5. The maximum Gasteiger partial charge on any atom is 0.323 e. The molecule has 22 heavy (non-hydrogen) atoms. The molecule has 3 aromatic rings. The summed E-state index contributed by atoms with van der Waals surface area (Å²) in [5.41, 5.74) is 2.40. The number of nitrogens with one attached hydrogen (secondary N) is 2. The van der Waals surface area contributed by atoms with E-state index in [4.69, 9.17) is 4.52 Å². The van der Waals surface area contributed by atoms with Crippen LogP contribution < -0.4 is 10.6 Å². The quantitative estimate of drug-likeness (QED) is 0.764. The van der Waals surface area contributed by atoms with E-state index >= 15 is 0 Å². The molecule has 0 bridgehead atoms. The van der Waals surface area contributed by atoms with E-state index in [1.165, 1.54) is 11.3 Å². The smallest absolute Gasteiger partial charge is 0.323 e. The van der Waals surface area contributed by atoms with E-state index in [1.807, 2.05) is 36.6 Å². The summed E-state index contributed by atoms with van der Waals surface area (Å²) in [5.74, 6) is 0.956. The fraction of sp³-hybridized carbons (Fsp3) is 0.133. The van der Waals surface area contributed by atoms with Crippen molar-refractivity contribution in [1.82, 2.24) is 10.1 Å². The van der Waals surface area contributed by atoms with Crippen LogP contribution in [0, 0.1) is 13.8 Å². The summed E-state index contributed by atoms with van der Waals surface area (Å²) in [4.78, 5) is 17.1. The second kappa shape index (κ2) is 5.98. The molecule has 0 fully saturated rings. The Labute approximate surface area is 131 Å². The highest BCUT2D eigenvalue weighted by atomic mass is 32.1. The Kier molecular flexibility index (Phi) is 3.88. The molecule has 2 aromatic heterocycles. The third-order valence-electron chi connectivity index (χ3n) is 3.03. The van der Waals surface area contributed by atoms with Gasteiger partial charge in [0.25, 0.3) is 5.89 Å². The van der Waals surface area contributed by atoms with Crippen molar-refractivity contribution < 1.29 is 9.32 Å². The van der Waals surface area contributed by atoms with Crippen LogP contribution in [-0.2, 0) is 0 Å². The van der Waals surface area contributed by atoms with E-state index in [0.717, 1.165) is 16.1 Å². The van der Waals surface area contributed by atoms with Crippen LogP contribution in [0.2, 0.25) is 0 Å². The van der Waals surface area contributed by atoms with E-state index in [2.05, 4.69) is 20.8 Å². The number of hydrogen-bond acceptors (Lipinski definition) is 5. The molecule has 0 aliphatic rings. The normalized spacial score (nSPS) is 10.5. The van der Waals surface area contributed by atoms with Gasteiger partial charge in [-0.2, -0.15) is 4.98 Å². The molecular formula is C15H14N4O2S. The number of hydrogen-bond donors (Lipinski definition) is 2. The van der Waals surface area contributed by atoms with Crippen LogP contribution in [0.25, 0.3) is 10.8 Å². The third-order valence-corrected chi connectivity index (χ3v) is 3.93. The third kappa shape index (κ3) is 2.99. The summed E-state index contributed by atoms with van der Waals surface area (Å²) in [6, 6.07) is 9.08. The number of carbonyl (C=O) groups is 1. The van der Waals surface area contributed by atoms with Crippen LogP contribution in [0.15, 0.2) is 40.2 Å². The lowest BCUT2D eigenvalue weighted by Crippen LogP contribution is -2.19. The second-order valence-corrected chi connectivity index (χ2v) is 5.62. The molecule has 0 spiro atoms. The minimum absolute atomic E-state index is 0.315. The Bertz CT molecular complexity index is 809. The van der Waals surface area contributed by atoms with Crippen molar-refractivity contribution in [2.45, 2.75) is 13.8 Å². The summed E-state index contributed by atoms with van der Waals surface area (Å²) in [6.45, 7) is 3.69. The van der Waals surface area contributed by atoms with Gasteiger partial charge in [-0.05, 0) is 36.9 Å². The number of aromatic nitrogens is 2. The molecule has 0 saturated carbocycles. The van der Waals surface area contributed by atoms with E-state index in [9.17, 15) is 4.79 Å². The number of thiophene rings is 1. The van der Waals surface area contributed by atoms with E-state index in [0.29, 0.717) is 17.4 Å². The maximum absolute atomic E-state index is 12.1. The maximum atomic E-state index is 12.1. The van der Waals surface area contributed by atoms with Gasteiger partial charge in [0.15, 0.2) is 5.82 Å². The monoisotopic (exact) mass is 314 g/mol. The number of rotatable bonds is 3. The first-order valence-electron chi connectivity index (χ1n) is 6.65. The standard InChI is InChI=1S/C15H14N4O2S/c1-9-5-3-4-6-11(9)17-15(20)18-12-7-8-22-13(12)14-16-10(2)19-21-14/h3-8H,1-2H3,(H2,17,18,20). The average molecular weight is 314 g/mol. The Balaban J connectivity index is 1.75. The molecule has 0 unspecified atom stereocenters. The van der Waals surface area contributed by atoms with Gasteiger partial charge >= 0.3 is 6.03 Å². The number of carbonyl (C=O) groups excluding carboxylic acids is 1. The number of urea groups is 1. The predicted molar refractivity (Wildman–Crippen MR) is 86.2 cm³/mol. The first-order chi connectivity index (χ1) is 10.6. The van der Waals surface area contributed by atoms with Crippen molar-refractivity contribution in [3.63, 3.8) is 0 Å². The topological polar surface area (TPSA) is 80.0 Å². The molecule has 1 aromatic carbocycles. The molecule has 0 aliphatic heterocycles. The van der Waals surface area contributed by atoms with Crippen LogP contribution in [0.4, 0.5) is 16.2 Å². The molecule has 0 radical (unpaired) electrons. The predicted octanol–water partition coefficient (Wildman–Crippen LogP) is 4.06. The Morgan fingerprint density at radius 3 is 2.64 bits per heavy atom. The lowest BCUT2D eigenvalue weighted by atomic mass is 10.2. The molecule has 112 valence electrons. The van der Waals surface area contributed by atoms with Crippen LogP contribution >= 0.6 is 11.3 Å². The highest BCUT2D eigenvalue weighted by Gasteiger charge is 2.15. The highest BCUT2D eigenvalue weighted by Crippen LogP contribution is 2.32. The van der Waals surface area contributed by atoms with Crippen LogP contribution in [0.3, 0.4) is 0 Å². The van der Waals surface area contributed by atoms with Crippen molar-refractivity contribution in [3.05, 3.63) is 47.1 Å². The van der Waals surface area contributed by atoms with E-state index in [1.54, 1.807) is 13.0 Å². The molecule has 0 atom stereocenters. The fourth-order valence-electron chi connectivity index (χ4n) is 1.95. The zero-order valence-corrected chi connectivity index (χ0v) is 12.9. The number of aryl methyl sites for hydroxylation is 2. The summed E-state index contributed by atoms with van der Waals surface area (Å²) in [5, 5.41) is 11.3. The SMILES string of the molecule is Cc1noc(-c2sccc2NC(=O)Nc2ccccc2C)n1. The van der Waals surface area contributed by atoms with Crippen LogP contribution in [-0.4, -0.2) is 16.2 Å². The number of nitrogens with zero attached hydrogens (tertiary/aromatic N) is 2. The number of benzene rings is 1. The summed E-state index contributed by atoms with van der Waals surface area (Å²) in [6.07, 6.45) is 0. The van der Waals surface area contributed by atoms with Gasteiger partial charge in [0.05, 0.1) is 5.69 Å². The van der Waals surface area contributed by atoms with E-state index in [-0.39, 0.29) is 6.03 Å². The summed E-state index contributed by atoms with van der Waals surface area (Å²) < 4.78 is 5.15. The van der Waals surface area contributed by atoms with E-state index < -0.39 is 0 Å². The number of amides is 2. The van der Waals surface area contributed by atoms with Gasteiger partial charge in [-0.3, -0.25) is 0 Å². The summed E-state index contributed by atoms with van der Waals surface area (Å²) in [7, 11) is 0. The van der Waals surface area contributed by atoms with Gasteiger partial charge in [-0.15, -0.1) is 11.3 Å². The Morgan fingerprint density at radius 2 is 1.91 bits per heavy atom. The number of anilines is 2. The van der Waals surface area contributed by atoms with Gasteiger partial charge in [0.1, 0.15) is 4.88 Å². The molecule has 0 aliphatic carbocycles. The minimum Gasteiger partial charge on any atom is -0.333 e. The minimum atomic E-state index is -0.315. The Morgan fingerprint density at radius 1 is 1.14 bits per heavy atom. The van der Waals surface area contributed by atoms with Gasteiger partial charge in [0.2, 0.25) is 0 Å². The van der Waals surface area contributed by atoms with Gasteiger partial charge in [-0.1, -0.05) is 23.4 Å². The van der Waals surface area contributed by atoms with Crippen LogP contribution in [0.1, 0.15) is 11.4 Å².